The fourth-order valence-corrected chi connectivity index (χ4v) is 4.82. The van der Waals surface area contributed by atoms with Crippen LogP contribution in [0.3, 0.4) is 0 Å². The predicted octanol–water partition coefficient (Wildman–Crippen LogP) is 3.95. The van der Waals surface area contributed by atoms with Crippen molar-refractivity contribution in [2.24, 2.45) is 5.73 Å². The van der Waals surface area contributed by atoms with E-state index in [2.05, 4.69) is 5.16 Å². The summed E-state index contributed by atoms with van der Waals surface area (Å²) < 4.78 is 35.3. The van der Waals surface area contributed by atoms with E-state index in [1.165, 1.54) is 28.8 Å². The highest BCUT2D eigenvalue weighted by molar-refractivity contribution is 6.36. The first-order valence-corrected chi connectivity index (χ1v) is 9.84. The van der Waals surface area contributed by atoms with Crippen molar-refractivity contribution in [2.45, 2.75) is 31.2 Å². The summed E-state index contributed by atoms with van der Waals surface area (Å²) in [5.41, 5.74) is 5.37. The molecule has 4 aromatic rings. The van der Waals surface area contributed by atoms with Crippen LogP contribution in [0.5, 0.6) is 0 Å². The summed E-state index contributed by atoms with van der Waals surface area (Å²) in [6.45, 7) is 0. The van der Waals surface area contributed by atoms with Gasteiger partial charge in [-0.1, -0.05) is 11.6 Å². The molecule has 9 heteroatoms. The van der Waals surface area contributed by atoms with Crippen LogP contribution in [0.15, 0.2) is 44.4 Å². The van der Waals surface area contributed by atoms with E-state index in [1.54, 1.807) is 0 Å². The third kappa shape index (κ3) is 2.71. The van der Waals surface area contributed by atoms with Crippen LogP contribution < -0.4 is 16.7 Å². The van der Waals surface area contributed by atoms with Gasteiger partial charge in [0.2, 0.25) is 11.1 Å². The molecule has 6 nitrogen and oxygen atoms in total. The average Bonchev–Trinajstić information content (AvgIpc) is 3.30. The molecule has 30 heavy (non-hydrogen) atoms. The lowest BCUT2D eigenvalue weighted by Gasteiger charge is -2.18. The van der Waals surface area contributed by atoms with Crippen molar-refractivity contribution in [1.29, 1.82) is 0 Å². The zero-order chi connectivity index (χ0) is 21.2. The number of H-pyrrole nitrogens is 1. The molecule has 2 heterocycles. The van der Waals surface area contributed by atoms with Crippen LogP contribution >= 0.6 is 11.6 Å². The van der Waals surface area contributed by atoms with Crippen LogP contribution in [0.2, 0.25) is 5.02 Å². The minimum atomic E-state index is -0.741. The van der Waals surface area contributed by atoms with Gasteiger partial charge < -0.3 is 10.3 Å². The smallest absolute Gasteiger partial charge is 0.293 e. The molecule has 0 amide bonds. The molecule has 0 bridgehead atoms. The Morgan fingerprint density at radius 2 is 1.90 bits per heavy atom. The summed E-state index contributed by atoms with van der Waals surface area (Å²) in [6.07, 6.45) is 1.99. The predicted molar refractivity (Wildman–Crippen MR) is 109 cm³/mol. The molecule has 2 unspecified atom stereocenters. The third-order valence-electron chi connectivity index (χ3n) is 5.77. The third-order valence-corrected chi connectivity index (χ3v) is 6.16. The summed E-state index contributed by atoms with van der Waals surface area (Å²) in [4.78, 5) is 25.2. The van der Waals surface area contributed by atoms with Crippen LogP contribution in [0.1, 0.15) is 30.7 Å². The lowest BCUT2D eigenvalue weighted by atomic mass is 9.94. The maximum absolute atomic E-state index is 15.1. The SMILES string of the molecule is NC1CCC(c2c(F)cc3c(=O)c4c(=O)[nH]oc4n(-c4ccc(F)cc4)c3c2Cl)C1. The molecular weight excluding hydrogens is 416 g/mol. The highest BCUT2D eigenvalue weighted by Crippen LogP contribution is 2.42. The number of pyridine rings is 1. The van der Waals surface area contributed by atoms with Gasteiger partial charge in [-0.25, -0.2) is 8.78 Å². The van der Waals surface area contributed by atoms with Gasteiger partial charge in [-0.15, -0.1) is 0 Å². The van der Waals surface area contributed by atoms with E-state index < -0.39 is 22.6 Å². The Morgan fingerprint density at radius 1 is 1.17 bits per heavy atom. The number of nitrogens with one attached hydrogen (secondary N) is 1. The van der Waals surface area contributed by atoms with Crippen molar-refractivity contribution in [1.82, 2.24) is 9.72 Å². The Morgan fingerprint density at radius 3 is 2.57 bits per heavy atom. The fourth-order valence-electron chi connectivity index (χ4n) is 4.39. The van der Waals surface area contributed by atoms with E-state index in [4.69, 9.17) is 21.9 Å². The molecule has 1 aliphatic rings. The van der Waals surface area contributed by atoms with Gasteiger partial charge in [0.25, 0.3) is 5.56 Å². The zero-order valence-electron chi connectivity index (χ0n) is 15.5. The number of nitrogens with zero attached hydrogens (tertiary/aromatic N) is 1. The number of aromatic amines is 1. The Bertz CT molecular complexity index is 1420. The first-order valence-electron chi connectivity index (χ1n) is 9.46. The summed E-state index contributed by atoms with van der Waals surface area (Å²) >= 11 is 6.70. The molecule has 0 aliphatic heterocycles. The van der Waals surface area contributed by atoms with Crippen LogP contribution in [-0.2, 0) is 0 Å². The fraction of sp³-hybridized carbons (Fsp3) is 0.238. The van der Waals surface area contributed by atoms with Crippen molar-refractivity contribution in [3.8, 4) is 5.69 Å². The second-order valence-electron chi connectivity index (χ2n) is 7.61. The number of nitrogens with two attached hydrogens (primary N) is 1. The van der Waals surface area contributed by atoms with Crippen molar-refractivity contribution in [3.05, 3.63) is 73.1 Å². The summed E-state index contributed by atoms with van der Waals surface area (Å²) in [5.74, 6) is -1.27. The quantitative estimate of drug-likeness (QED) is 0.502. The summed E-state index contributed by atoms with van der Waals surface area (Å²) in [6, 6.07) is 6.42. The van der Waals surface area contributed by atoms with E-state index in [0.717, 1.165) is 12.5 Å². The number of aromatic nitrogens is 2. The Labute approximate surface area is 172 Å². The van der Waals surface area contributed by atoms with Gasteiger partial charge in [-0.3, -0.25) is 14.2 Å². The van der Waals surface area contributed by atoms with Gasteiger partial charge >= 0.3 is 0 Å². The van der Waals surface area contributed by atoms with Crippen LogP contribution in [0.4, 0.5) is 8.78 Å². The molecular formula is C21H16ClF2N3O3. The lowest BCUT2D eigenvalue weighted by molar-refractivity contribution is 0.437. The maximum Gasteiger partial charge on any atom is 0.293 e. The molecule has 1 aliphatic carbocycles. The standard InChI is InChI=1S/C21H16ClF2N3O3/c22-17-15(9-1-4-11(25)7-9)14(24)8-13-18(17)27(12-5-2-10(23)3-6-12)21-16(19(13)28)20(29)26-30-21/h2-3,5-6,8-9,11H,1,4,7,25H2,(H,26,29). The topological polar surface area (TPSA) is 94.0 Å². The summed E-state index contributed by atoms with van der Waals surface area (Å²) in [5, 5.41) is 1.87. The summed E-state index contributed by atoms with van der Waals surface area (Å²) in [7, 11) is 0. The number of hydrogen-bond acceptors (Lipinski definition) is 4. The molecule has 2 aromatic heterocycles. The normalized spacial score (nSPS) is 19.2. The maximum atomic E-state index is 15.1. The molecule has 3 N–H and O–H groups in total. The Hall–Kier alpha value is -2.97. The minimum absolute atomic E-state index is 0.0503. The van der Waals surface area contributed by atoms with Gasteiger partial charge in [0.1, 0.15) is 11.6 Å². The van der Waals surface area contributed by atoms with Gasteiger partial charge in [-0.05, 0) is 55.5 Å². The average molecular weight is 432 g/mol. The van der Waals surface area contributed by atoms with Gasteiger partial charge in [0, 0.05) is 17.3 Å². The molecule has 1 saturated carbocycles. The Kier molecular flexibility index (Phi) is 4.30. The number of hydrogen-bond donors (Lipinski definition) is 2. The van der Waals surface area contributed by atoms with Crippen LogP contribution in [0, 0.1) is 11.6 Å². The number of rotatable bonds is 2. The monoisotopic (exact) mass is 431 g/mol. The number of benzene rings is 2. The van der Waals surface area contributed by atoms with Crippen LogP contribution in [0.25, 0.3) is 27.7 Å². The van der Waals surface area contributed by atoms with E-state index in [-0.39, 0.29) is 44.5 Å². The van der Waals surface area contributed by atoms with E-state index in [9.17, 15) is 14.0 Å². The van der Waals surface area contributed by atoms with Crippen molar-refractivity contribution in [2.75, 3.05) is 0 Å². The molecule has 0 radical (unpaired) electrons. The minimum Gasteiger partial charge on any atom is -0.359 e. The van der Waals surface area contributed by atoms with E-state index in [1.807, 2.05) is 0 Å². The largest absolute Gasteiger partial charge is 0.359 e. The van der Waals surface area contributed by atoms with Gasteiger partial charge in [0.15, 0.2) is 5.39 Å². The number of fused-ring (bicyclic) bond motifs is 2. The first kappa shape index (κ1) is 19.0. The lowest BCUT2D eigenvalue weighted by Crippen LogP contribution is -2.17. The second kappa shape index (κ2) is 6.78. The highest BCUT2D eigenvalue weighted by atomic mass is 35.5. The molecule has 5 rings (SSSR count). The molecule has 2 atom stereocenters. The number of halogens is 3. The zero-order valence-corrected chi connectivity index (χ0v) is 16.3. The van der Waals surface area contributed by atoms with Crippen LogP contribution in [-0.4, -0.2) is 15.8 Å². The second-order valence-corrected chi connectivity index (χ2v) is 7.98. The van der Waals surface area contributed by atoms with Gasteiger partial charge in [-0.2, -0.15) is 5.16 Å². The molecule has 0 saturated heterocycles. The first-order chi connectivity index (χ1) is 14.4. The van der Waals surface area contributed by atoms with E-state index >= 15 is 4.39 Å². The molecule has 0 spiro atoms. The van der Waals surface area contributed by atoms with Crippen molar-refractivity contribution < 1.29 is 13.3 Å². The van der Waals surface area contributed by atoms with Gasteiger partial charge in [0.05, 0.1) is 15.9 Å². The van der Waals surface area contributed by atoms with E-state index in [0.29, 0.717) is 18.5 Å². The highest BCUT2D eigenvalue weighted by Gasteiger charge is 2.31. The molecule has 154 valence electrons. The molecule has 1 fully saturated rings. The molecule has 2 aromatic carbocycles. The van der Waals surface area contributed by atoms with Crippen molar-refractivity contribution in [3.63, 3.8) is 0 Å². The van der Waals surface area contributed by atoms with Crippen molar-refractivity contribution >= 4 is 33.6 Å². The Balaban J connectivity index is 1.96.